The highest BCUT2D eigenvalue weighted by Crippen LogP contribution is 2.26. The zero-order valence-electron chi connectivity index (χ0n) is 14.6. The zero-order valence-corrected chi connectivity index (χ0v) is 14.6. The number of amides is 1. The predicted molar refractivity (Wildman–Crippen MR) is 96.2 cm³/mol. The Kier molecular flexibility index (Phi) is 4.86. The van der Waals surface area contributed by atoms with E-state index in [0.29, 0.717) is 19.5 Å². The van der Waals surface area contributed by atoms with E-state index in [0.717, 1.165) is 24.2 Å². The van der Waals surface area contributed by atoms with Gasteiger partial charge in [-0.1, -0.05) is 30.3 Å². The van der Waals surface area contributed by atoms with Crippen LogP contribution in [0.4, 0.5) is 0 Å². The number of hydrogen-bond acceptors (Lipinski definition) is 5. The van der Waals surface area contributed by atoms with E-state index >= 15 is 0 Å². The fraction of sp³-hybridized carbons (Fsp3) is 0.400. The highest BCUT2D eigenvalue weighted by molar-refractivity contribution is 5.98. The molecule has 0 saturated carbocycles. The van der Waals surface area contributed by atoms with E-state index in [2.05, 4.69) is 10.9 Å². The standard InChI is InChI=1S/C20H23N3O3/c24-19(14-5-2-1-3-6-14)15-8-10-23(11-9-15)20(25)17-13-16(21-22-17)18-7-4-12-26-18/h1-7,12,15-17,21-22H,8-11,13H2. The second kappa shape index (κ2) is 7.43. The van der Waals surface area contributed by atoms with Gasteiger partial charge in [-0.3, -0.25) is 9.59 Å². The van der Waals surface area contributed by atoms with Crippen LogP contribution < -0.4 is 10.9 Å². The number of carbonyl (C=O) groups excluding carboxylic acids is 2. The van der Waals surface area contributed by atoms with Crippen molar-refractivity contribution in [3.63, 3.8) is 0 Å². The van der Waals surface area contributed by atoms with Crippen LogP contribution in [-0.4, -0.2) is 35.7 Å². The molecule has 0 bridgehead atoms. The molecular weight excluding hydrogens is 330 g/mol. The number of hydrazine groups is 1. The van der Waals surface area contributed by atoms with Crippen LogP contribution in [0.1, 0.15) is 41.4 Å². The smallest absolute Gasteiger partial charge is 0.241 e. The number of carbonyl (C=O) groups is 2. The summed E-state index contributed by atoms with van der Waals surface area (Å²) in [5.74, 6) is 1.13. The van der Waals surface area contributed by atoms with Gasteiger partial charge in [-0.05, 0) is 31.4 Å². The number of furan rings is 1. The average Bonchev–Trinajstić information content (AvgIpc) is 3.39. The summed E-state index contributed by atoms with van der Waals surface area (Å²) in [4.78, 5) is 27.2. The van der Waals surface area contributed by atoms with Crippen molar-refractivity contribution in [1.82, 2.24) is 15.8 Å². The molecule has 6 nitrogen and oxygen atoms in total. The third-order valence-corrected chi connectivity index (χ3v) is 5.32. The fourth-order valence-corrected chi connectivity index (χ4v) is 3.81. The molecule has 2 N–H and O–H groups in total. The van der Waals surface area contributed by atoms with Gasteiger partial charge in [0.25, 0.3) is 0 Å². The molecule has 2 aliphatic heterocycles. The normalized spacial score (nSPS) is 23.9. The van der Waals surface area contributed by atoms with Crippen LogP contribution in [0, 0.1) is 5.92 Å². The number of Topliss-reactive ketones (excluding diaryl/α,β-unsaturated/α-hetero) is 1. The van der Waals surface area contributed by atoms with Gasteiger partial charge in [0.2, 0.25) is 5.91 Å². The van der Waals surface area contributed by atoms with E-state index in [1.54, 1.807) is 6.26 Å². The van der Waals surface area contributed by atoms with Crippen LogP contribution in [0.5, 0.6) is 0 Å². The predicted octanol–water partition coefficient (Wildman–Crippen LogP) is 2.31. The van der Waals surface area contributed by atoms with Crippen LogP contribution in [0.15, 0.2) is 53.1 Å². The summed E-state index contributed by atoms with van der Waals surface area (Å²) in [6.45, 7) is 1.26. The van der Waals surface area contributed by atoms with Gasteiger partial charge in [0.05, 0.1) is 12.3 Å². The largest absolute Gasteiger partial charge is 0.468 e. The summed E-state index contributed by atoms with van der Waals surface area (Å²) in [5, 5.41) is 0. The number of hydrogen-bond donors (Lipinski definition) is 2. The van der Waals surface area contributed by atoms with E-state index in [4.69, 9.17) is 4.42 Å². The molecule has 1 aromatic heterocycles. The van der Waals surface area contributed by atoms with Gasteiger partial charge < -0.3 is 9.32 Å². The van der Waals surface area contributed by atoms with Gasteiger partial charge in [0.15, 0.2) is 5.78 Å². The maximum absolute atomic E-state index is 12.8. The van der Waals surface area contributed by atoms with Crippen LogP contribution in [0.25, 0.3) is 0 Å². The first-order valence-electron chi connectivity index (χ1n) is 9.15. The molecular formula is C20H23N3O3. The molecule has 2 aromatic rings. The first kappa shape index (κ1) is 17.0. The highest BCUT2D eigenvalue weighted by Gasteiger charge is 2.36. The van der Waals surface area contributed by atoms with E-state index in [1.807, 2.05) is 47.4 Å². The van der Waals surface area contributed by atoms with Crippen molar-refractivity contribution in [2.75, 3.05) is 13.1 Å². The molecule has 2 fully saturated rings. The van der Waals surface area contributed by atoms with Gasteiger partial charge in [0, 0.05) is 24.6 Å². The fourth-order valence-electron chi connectivity index (χ4n) is 3.81. The molecule has 2 unspecified atom stereocenters. The minimum Gasteiger partial charge on any atom is -0.468 e. The Morgan fingerprint density at radius 3 is 2.46 bits per heavy atom. The molecule has 4 rings (SSSR count). The van der Waals surface area contributed by atoms with Gasteiger partial charge in [-0.15, -0.1) is 0 Å². The Balaban J connectivity index is 1.31. The lowest BCUT2D eigenvalue weighted by Crippen LogP contribution is -2.49. The number of piperidine rings is 1. The van der Waals surface area contributed by atoms with Gasteiger partial charge in [-0.2, -0.15) is 0 Å². The molecule has 1 amide bonds. The van der Waals surface area contributed by atoms with E-state index < -0.39 is 0 Å². The number of likely N-dealkylation sites (tertiary alicyclic amines) is 1. The minimum absolute atomic E-state index is 0.00646. The highest BCUT2D eigenvalue weighted by atomic mass is 16.3. The lowest BCUT2D eigenvalue weighted by atomic mass is 9.88. The lowest BCUT2D eigenvalue weighted by molar-refractivity contribution is -0.134. The molecule has 1 aromatic carbocycles. The topological polar surface area (TPSA) is 74.6 Å². The summed E-state index contributed by atoms with van der Waals surface area (Å²) >= 11 is 0. The minimum atomic E-state index is -0.258. The molecule has 0 radical (unpaired) electrons. The maximum Gasteiger partial charge on any atom is 0.241 e. The Labute approximate surface area is 152 Å². The number of nitrogens with one attached hydrogen (secondary N) is 2. The summed E-state index contributed by atoms with van der Waals surface area (Å²) in [6.07, 6.45) is 3.75. The molecule has 3 heterocycles. The van der Waals surface area contributed by atoms with Crippen molar-refractivity contribution in [3.8, 4) is 0 Å². The molecule has 26 heavy (non-hydrogen) atoms. The Morgan fingerprint density at radius 2 is 1.77 bits per heavy atom. The average molecular weight is 353 g/mol. The number of rotatable bonds is 4. The maximum atomic E-state index is 12.8. The van der Waals surface area contributed by atoms with Crippen molar-refractivity contribution < 1.29 is 14.0 Å². The summed E-state index contributed by atoms with van der Waals surface area (Å²) in [6, 6.07) is 12.9. The second-order valence-corrected chi connectivity index (χ2v) is 6.97. The van der Waals surface area contributed by atoms with Gasteiger partial charge in [-0.25, -0.2) is 10.9 Å². The van der Waals surface area contributed by atoms with Crippen LogP contribution in [-0.2, 0) is 4.79 Å². The quantitative estimate of drug-likeness (QED) is 0.825. The Bertz CT molecular complexity index is 752. The SMILES string of the molecule is O=C(c1ccccc1)C1CCN(C(=O)C2CC(c3ccco3)NN2)CC1. The molecule has 2 atom stereocenters. The van der Waals surface area contributed by atoms with Crippen LogP contribution >= 0.6 is 0 Å². The lowest BCUT2D eigenvalue weighted by Gasteiger charge is -2.32. The third-order valence-electron chi connectivity index (χ3n) is 5.32. The number of nitrogens with zero attached hydrogens (tertiary/aromatic N) is 1. The van der Waals surface area contributed by atoms with E-state index in [1.165, 1.54) is 0 Å². The number of ketones is 1. The van der Waals surface area contributed by atoms with Crippen molar-refractivity contribution in [1.29, 1.82) is 0 Å². The van der Waals surface area contributed by atoms with E-state index in [-0.39, 0.29) is 29.7 Å². The molecule has 136 valence electrons. The second-order valence-electron chi connectivity index (χ2n) is 6.97. The van der Waals surface area contributed by atoms with Crippen LogP contribution in [0.2, 0.25) is 0 Å². The molecule has 6 heteroatoms. The van der Waals surface area contributed by atoms with Crippen LogP contribution in [0.3, 0.4) is 0 Å². The monoisotopic (exact) mass is 353 g/mol. The summed E-state index contributed by atoms with van der Waals surface area (Å²) in [5.41, 5.74) is 6.98. The Morgan fingerprint density at radius 1 is 1.00 bits per heavy atom. The van der Waals surface area contributed by atoms with Gasteiger partial charge >= 0.3 is 0 Å². The summed E-state index contributed by atoms with van der Waals surface area (Å²) < 4.78 is 5.41. The molecule has 2 aliphatic rings. The van der Waals surface area contributed by atoms with Gasteiger partial charge in [0.1, 0.15) is 11.8 Å². The number of benzene rings is 1. The molecule has 0 spiro atoms. The van der Waals surface area contributed by atoms with Crippen molar-refractivity contribution >= 4 is 11.7 Å². The van der Waals surface area contributed by atoms with Crippen molar-refractivity contribution in [3.05, 3.63) is 60.1 Å². The molecule has 2 saturated heterocycles. The van der Waals surface area contributed by atoms with Crippen molar-refractivity contribution in [2.24, 2.45) is 5.92 Å². The first-order chi connectivity index (χ1) is 12.7. The zero-order chi connectivity index (χ0) is 17.9. The van der Waals surface area contributed by atoms with Crippen molar-refractivity contribution in [2.45, 2.75) is 31.3 Å². The van der Waals surface area contributed by atoms with E-state index in [9.17, 15) is 9.59 Å². The summed E-state index contributed by atoms with van der Waals surface area (Å²) in [7, 11) is 0. The first-order valence-corrected chi connectivity index (χ1v) is 9.15. The third kappa shape index (κ3) is 3.43. The Hall–Kier alpha value is -2.44. The molecule has 0 aliphatic carbocycles.